The molecule has 0 atom stereocenters. The van der Waals surface area contributed by atoms with Crippen molar-refractivity contribution in [1.29, 1.82) is 0 Å². The van der Waals surface area contributed by atoms with Gasteiger partial charge in [-0.1, -0.05) is 5.16 Å². The number of carboxylic acid groups (broad SMARTS) is 1. The second-order valence-electron chi connectivity index (χ2n) is 3.44. The molecule has 7 nitrogen and oxygen atoms in total. The number of aromatic nitrogens is 2. The Labute approximate surface area is 96.4 Å². The van der Waals surface area contributed by atoms with Gasteiger partial charge in [-0.15, -0.1) is 0 Å². The van der Waals surface area contributed by atoms with Gasteiger partial charge in [0.1, 0.15) is 12.0 Å². The van der Waals surface area contributed by atoms with Crippen LogP contribution >= 0.6 is 0 Å². The second-order valence-corrected chi connectivity index (χ2v) is 3.44. The summed E-state index contributed by atoms with van der Waals surface area (Å²) in [6, 6.07) is 1.47. The summed E-state index contributed by atoms with van der Waals surface area (Å²) in [6.45, 7) is 2.55. The van der Waals surface area contributed by atoms with Gasteiger partial charge in [-0.05, 0) is 6.07 Å². The van der Waals surface area contributed by atoms with Gasteiger partial charge in [0.2, 0.25) is 5.89 Å². The van der Waals surface area contributed by atoms with Gasteiger partial charge < -0.3 is 19.4 Å². The number of hydrogen-bond donors (Lipinski definition) is 2. The zero-order valence-electron chi connectivity index (χ0n) is 9.14. The number of aryl methyl sites for hydroxylation is 1. The minimum absolute atomic E-state index is 0.136. The molecule has 0 aliphatic heterocycles. The molecule has 0 aliphatic carbocycles. The van der Waals surface area contributed by atoms with Crippen LogP contribution in [0.15, 0.2) is 21.3 Å². The smallest absolute Gasteiger partial charge is 0.338 e. The molecule has 0 radical (unpaired) electrons. The van der Waals surface area contributed by atoms with E-state index < -0.39 is 5.97 Å². The third kappa shape index (κ3) is 2.91. The van der Waals surface area contributed by atoms with Crippen LogP contribution in [-0.4, -0.2) is 21.2 Å². The molecule has 0 fully saturated rings. The maximum Gasteiger partial charge on any atom is 0.338 e. The van der Waals surface area contributed by atoms with Crippen LogP contribution in [0.5, 0.6) is 0 Å². The molecule has 0 saturated carbocycles. The van der Waals surface area contributed by atoms with Crippen LogP contribution in [0.25, 0.3) is 0 Å². The highest BCUT2D eigenvalue weighted by molar-refractivity contribution is 5.87. The Morgan fingerprint density at radius 1 is 1.53 bits per heavy atom. The Hall–Kier alpha value is -2.15. The van der Waals surface area contributed by atoms with Gasteiger partial charge in [-0.25, -0.2) is 4.79 Å². The van der Waals surface area contributed by atoms with Crippen molar-refractivity contribution in [2.75, 3.05) is 0 Å². The van der Waals surface area contributed by atoms with Crippen molar-refractivity contribution in [2.45, 2.75) is 20.0 Å². The van der Waals surface area contributed by atoms with Crippen LogP contribution in [0.3, 0.4) is 0 Å². The zero-order valence-corrected chi connectivity index (χ0v) is 9.14. The molecule has 2 aromatic heterocycles. The minimum atomic E-state index is -1.01. The van der Waals surface area contributed by atoms with Crippen LogP contribution in [0.1, 0.15) is 27.8 Å². The first-order chi connectivity index (χ1) is 8.15. The van der Waals surface area contributed by atoms with Gasteiger partial charge in [0.15, 0.2) is 5.82 Å². The van der Waals surface area contributed by atoms with E-state index in [2.05, 4.69) is 15.5 Å². The third-order valence-corrected chi connectivity index (χ3v) is 2.05. The molecule has 0 bridgehead atoms. The topological polar surface area (TPSA) is 101 Å². The van der Waals surface area contributed by atoms with Gasteiger partial charge >= 0.3 is 5.97 Å². The Morgan fingerprint density at radius 2 is 2.35 bits per heavy atom. The molecule has 0 saturated heterocycles. The summed E-state index contributed by atoms with van der Waals surface area (Å²) in [5.41, 5.74) is 0.136. The lowest BCUT2D eigenvalue weighted by Gasteiger charge is -1.96. The molecule has 17 heavy (non-hydrogen) atoms. The van der Waals surface area contributed by atoms with Gasteiger partial charge in [0.25, 0.3) is 0 Å². The fraction of sp³-hybridized carbons (Fsp3) is 0.300. The normalized spacial score (nSPS) is 10.6. The fourth-order valence-electron chi connectivity index (χ4n) is 1.30. The third-order valence-electron chi connectivity index (χ3n) is 2.05. The number of carboxylic acids is 1. The van der Waals surface area contributed by atoms with Crippen LogP contribution in [0.2, 0.25) is 0 Å². The van der Waals surface area contributed by atoms with Gasteiger partial charge in [-0.3, -0.25) is 0 Å². The van der Waals surface area contributed by atoms with E-state index in [0.29, 0.717) is 30.6 Å². The van der Waals surface area contributed by atoms with Crippen molar-refractivity contribution >= 4 is 5.97 Å². The van der Waals surface area contributed by atoms with Crippen molar-refractivity contribution in [3.8, 4) is 0 Å². The average molecular weight is 237 g/mol. The first-order valence-electron chi connectivity index (χ1n) is 4.96. The molecule has 2 N–H and O–H groups in total. The van der Waals surface area contributed by atoms with E-state index in [1.165, 1.54) is 12.3 Å². The number of nitrogens with zero attached hydrogens (tertiary/aromatic N) is 2. The van der Waals surface area contributed by atoms with Crippen molar-refractivity contribution in [3.63, 3.8) is 0 Å². The second kappa shape index (κ2) is 4.79. The summed E-state index contributed by atoms with van der Waals surface area (Å²) in [7, 11) is 0. The molecule has 90 valence electrons. The average Bonchev–Trinajstić information content (AvgIpc) is 2.88. The highest BCUT2D eigenvalue weighted by Gasteiger charge is 2.08. The fourth-order valence-corrected chi connectivity index (χ4v) is 1.30. The lowest BCUT2D eigenvalue weighted by atomic mass is 10.3. The Morgan fingerprint density at radius 3 is 2.94 bits per heavy atom. The first-order valence-corrected chi connectivity index (χ1v) is 4.96. The zero-order chi connectivity index (χ0) is 12.3. The molecule has 0 aliphatic rings. The molecule has 2 heterocycles. The molecule has 0 aromatic carbocycles. The summed E-state index contributed by atoms with van der Waals surface area (Å²) >= 11 is 0. The number of nitrogens with one attached hydrogen (secondary N) is 1. The quantitative estimate of drug-likeness (QED) is 0.798. The lowest BCUT2D eigenvalue weighted by Crippen LogP contribution is -2.13. The van der Waals surface area contributed by atoms with Crippen molar-refractivity contribution in [3.05, 3.63) is 35.4 Å². The molecule has 0 amide bonds. The number of hydrogen-bond acceptors (Lipinski definition) is 6. The number of aromatic carboxylic acids is 1. The maximum atomic E-state index is 10.6. The van der Waals surface area contributed by atoms with E-state index in [4.69, 9.17) is 14.0 Å². The Bertz CT molecular complexity index is 517. The van der Waals surface area contributed by atoms with E-state index in [-0.39, 0.29) is 5.56 Å². The van der Waals surface area contributed by atoms with Gasteiger partial charge in [0.05, 0.1) is 18.7 Å². The Balaban J connectivity index is 1.83. The SMILES string of the molecule is Cc1nc(CNCc2cc(C(=O)O)co2)no1. The molecule has 2 aromatic rings. The minimum Gasteiger partial charge on any atom is -0.478 e. The van der Waals surface area contributed by atoms with Crippen LogP contribution < -0.4 is 5.32 Å². The molecule has 7 heteroatoms. The van der Waals surface area contributed by atoms with Crippen molar-refractivity contribution < 1.29 is 18.8 Å². The predicted molar refractivity (Wildman–Crippen MR) is 55.2 cm³/mol. The molecule has 0 unspecified atom stereocenters. The van der Waals surface area contributed by atoms with E-state index in [1.807, 2.05) is 0 Å². The highest BCUT2D eigenvalue weighted by Crippen LogP contribution is 2.07. The molecular weight excluding hydrogens is 226 g/mol. The van der Waals surface area contributed by atoms with Gasteiger partial charge in [0, 0.05) is 6.92 Å². The molecule has 2 rings (SSSR count). The van der Waals surface area contributed by atoms with E-state index >= 15 is 0 Å². The molecule has 0 spiro atoms. The summed E-state index contributed by atoms with van der Waals surface area (Å²) in [5, 5.41) is 15.4. The monoisotopic (exact) mass is 237 g/mol. The van der Waals surface area contributed by atoms with Gasteiger partial charge in [-0.2, -0.15) is 4.98 Å². The molecular formula is C10H11N3O4. The highest BCUT2D eigenvalue weighted by atomic mass is 16.5. The Kier molecular flexibility index (Phi) is 3.20. The van der Waals surface area contributed by atoms with E-state index in [1.54, 1.807) is 6.92 Å². The predicted octanol–water partition coefficient (Wildman–Crippen LogP) is 0.959. The largest absolute Gasteiger partial charge is 0.478 e. The number of rotatable bonds is 5. The summed E-state index contributed by atoms with van der Waals surface area (Å²) < 4.78 is 9.86. The maximum absolute atomic E-state index is 10.6. The standard InChI is InChI=1S/C10H11N3O4/c1-6-12-9(13-17-6)4-11-3-8-2-7(5-16-8)10(14)15/h2,5,11H,3-4H2,1H3,(H,14,15). The lowest BCUT2D eigenvalue weighted by molar-refractivity contribution is 0.0696. The first kappa shape index (κ1) is 11.3. The van der Waals surface area contributed by atoms with Crippen molar-refractivity contribution in [1.82, 2.24) is 15.5 Å². The van der Waals surface area contributed by atoms with Crippen LogP contribution in [-0.2, 0) is 13.1 Å². The summed E-state index contributed by atoms with van der Waals surface area (Å²) in [6.07, 6.45) is 1.21. The van der Waals surface area contributed by atoms with E-state index in [9.17, 15) is 4.79 Å². The number of furan rings is 1. The van der Waals surface area contributed by atoms with Crippen LogP contribution in [0, 0.1) is 6.92 Å². The van der Waals surface area contributed by atoms with E-state index in [0.717, 1.165) is 0 Å². The summed E-state index contributed by atoms with van der Waals surface area (Å²) in [5.74, 6) is 0.594. The van der Waals surface area contributed by atoms with Crippen LogP contribution in [0.4, 0.5) is 0 Å². The number of carbonyl (C=O) groups is 1. The van der Waals surface area contributed by atoms with Crippen molar-refractivity contribution in [2.24, 2.45) is 0 Å². The summed E-state index contributed by atoms with van der Waals surface area (Å²) in [4.78, 5) is 14.6.